The molecule has 7 heteroatoms. The van der Waals surface area contributed by atoms with Gasteiger partial charge < -0.3 is 4.90 Å². The smallest absolute Gasteiger partial charge is 0.285 e. The number of nitrogens with zero attached hydrogens (tertiary/aromatic N) is 3. The maximum atomic E-state index is 12.0. The molecule has 1 aliphatic heterocycles. The minimum Gasteiger partial charge on any atom is -0.358 e. The topological polar surface area (TPSA) is 62.6 Å². The van der Waals surface area contributed by atoms with Crippen LogP contribution in [0.15, 0.2) is 45.1 Å². The monoisotopic (exact) mass is 307 g/mol. The number of sulfonamides is 1. The molecule has 3 rings (SSSR count). The first kappa shape index (κ1) is 13.3. The van der Waals surface area contributed by atoms with Gasteiger partial charge in [-0.3, -0.25) is 0 Å². The van der Waals surface area contributed by atoms with Gasteiger partial charge in [-0.15, -0.1) is 15.7 Å². The second kappa shape index (κ2) is 4.99. The van der Waals surface area contributed by atoms with Crippen LogP contribution < -0.4 is 0 Å². The number of hydrogen-bond donors (Lipinski definition) is 0. The fourth-order valence-electron chi connectivity index (χ4n) is 2.11. The summed E-state index contributed by atoms with van der Waals surface area (Å²) in [5.41, 5.74) is 0.675. The van der Waals surface area contributed by atoms with E-state index in [0.29, 0.717) is 17.9 Å². The molecular formula is C13H13N3O2S2. The van der Waals surface area contributed by atoms with Crippen molar-refractivity contribution in [1.82, 2.24) is 9.88 Å². The van der Waals surface area contributed by atoms with Crippen LogP contribution in [-0.2, 0) is 16.4 Å². The number of fused-ring (bicyclic) bond motifs is 1. The fourth-order valence-corrected chi connectivity index (χ4v) is 3.97. The zero-order valence-corrected chi connectivity index (χ0v) is 12.5. The largest absolute Gasteiger partial charge is 0.358 e. The third-order valence-electron chi connectivity index (χ3n) is 3.12. The van der Waals surface area contributed by atoms with Gasteiger partial charge in [0.15, 0.2) is 5.84 Å². The van der Waals surface area contributed by atoms with Gasteiger partial charge in [-0.1, -0.05) is 12.1 Å². The molecule has 1 aromatic heterocycles. The second-order valence-electron chi connectivity index (χ2n) is 4.48. The van der Waals surface area contributed by atoms with Crippen LogP contribution in [0.3, 0.4) is 0 Å². The zero-order valence-electron chi connectivity index (χ0n) is 10.9. The minimum atomic E-state index is -3.54. The Morgan fingerprint density at radius 2 is 2.10 bits per heavy atom. The maximum absolute atomic E-state index is 12.0. The molecule has 0 N–H and O–H groups in total. The first-order valence-corrected chi connectivity index (χ1v) is 8.44. The number of aromatic nitrogens is 1. The normalized spacial score (nSPS) is 15.8. The van der Waals surface area contributed by atoms with E-state index in [1.54, 1.807) is 35.7 Å². The summed E-state index contributed by atoms with van der Waals surface area (Å²) >= 11 is 1.60. The van der Waals surface area contributed by atoms with E-state index in [9.17, 15) is 8.42 Å². The summed E-state index contributed by atoms with van der Waals surface area (Å²) in [6.07, 6.45) is 2.54. The van der Waals surface area contributed by atoms with E-state index in [1.807, 2.05) is 23.4 Å². The number of likely N-dealkylation sites (N-methyl/N-ethyl adjacent to an activating group) is 1. The molecule has 5 nitrogen and oxygen atoms in total. The molecule has 104 valence electrons. The average molecular weight is 307 g/mol. The molecule has 0 spiro atoms. The highest BCUT2D eigenvalue weighted by Crippen LogP contribution is 2.26. The van der Waals surface area contributed by atoms with E-state index in [2.05, 4.69) is 9.38 Å². The number of hydrogen-bond acceptors (Lipinski definition) is 5. The van der Waals surface area contributed by atoms with Gasteiger partial charge >= 0.3 is 0 Å². The van der Waals surface area contributed by atoms with Crippen LogP contribution in [0, 0.1) is 0 Å². The van der Waals surface area contributed by atoms with Gasteiger partial charge in [-0.25, -0.2) is 4.98 Å². The first-order valence-electron chi connectivity index (χ1n) is 6.12. The zero-order chi connectivity index (χ0) is 14.2. The van der Waals surface area contributed by atoms with Crippen LogP contribution in [0.4, 0.5) is 0 Å². The summed E-state index contributed by atoms with van der Waals surface area (Å²) in [7, 11) is -1.69. The Morgan fingerprint density at radius 3 is 2.85 bits per heavy atom. The van der Waals surface area contributed by atoms with Gasteiger partial charge in [0.05, 0.1) is 5.01 Å². The van der Waals surface area contributed by atoms with Gasteiger partial charge in [0, 0.05) is 37.2 Å². The predicted octanol–water partition coefficient (Wildman–Crippen LogP) is 1.77. The number of benzene rings is 1. The summed E-state index contributed by atoms with van der Waals surface area (Å²) in [5.74, 6) is 0.511. The van der Waals surface area contributed by atoms with Gasteiger partial charge in [-0.2, -0.15) is 8.42 Å². The summed E-state index contributed by atoms with van der Waals surface area (Å²) < 4.78 is 27.8. The van der Waals surface area contributed by atoms with E-state index in [4.69, 9.17) is 0 Å². The quantitative estimate of drug-likeness (QED) is 0.867. The molecule has 0 saturated carbocycles. The SMILES string of the molecule is CN(CCc1nccs1)C1=NS(=O)(=O)c2ccccc21. The molecule has 0 atom stereocenters. The van der Waals surface area contributed by atoms with E-state index >= 15 is 0 Å². The van der Waals surface area contributed by atoms with Crippen LogP contribution in [0.5, 0.6) is 0 Å². The molecule has 0 radical (unpaired) electrons. The molecule has 0 aliphatic carbocycles. The summed E-state index contributed by atoms with van der Waals surface area (Å²) in [6, 6.07) is 6.92. The van der Waals surface area contributed by atoms with Gasteiger partial charge in [0.25, 0.3) is 10.0 Å². The number of amidine groups is 1. The Kier molecular flexibility index (Phi) is 3.31. The highest BCUT2D eigenvalue weighted by molar-refractivity contribution is 7.90. The lowest BCUT2D eigenvalue weighted by molar-refractivity contribution is 0.509. The number of rotatable bonds is 3. The van der Waals surface area contributed by atoms with Crippen molar-refractivity contribution in [3.8, 4) is 0 Å². The Labute approximate surface area is 121 Å². The van der Waals surface area contributed by atoms with E-state index in [-0.39, 0.29) is 4.90 Å². The highest BCUT2D eigenvalue weighted by atomic mass is 32.2. The van der Waals surface area contributed by atoms with E-state index in [1.165, 1.54) is 0 Å². The standard InChI is InChI=1S/C13H13N3O2S2/c1-16(8-6-12-14-7-9-19-12)13-10-4-2-3-5-11(10)20(17,18)15-13/h2-5,7,9H,6,8H2,1H3. The summed E-state index contributed by atoms with van der Waals surface area (Å²) in [4.78, 5) is 6.38. The van der Waals surface area contributed by atoms with Crippen molar-refractivity contribution >= 4 is 27.2 Å². The van der Waals surface area contributed by atoms with Crippen molar-refractivity contribution in [1.29, 1.82) is 0 Å². The third-order valence-corrected chi connectivity index (χ3v) is 5.28. The number of thiazole rings is 1. The molecule has 0 amide bonds. The van der Waals surface area contributed by atoms with Crippen LogP contribution in [0.2, 0.25) is 0 Å². The van der Waals surface area contributed by atoms with E-state index in [0.717, 1.165) is 11.4 Å². The molecule has 20 heavy (non-hydrogen) atoms. The van der Waals surface area contributed by atoms with Crippen molar-refractivity contribution in [3.05, 3.63) is 46.4 Å². The lowest BCUT2D eigenvalue weighted by atomic mass is 10.2. The van der Waals surface area contributed by atoms with Crippen molar-refractivity contribution in [2.24, 2.45) is 4.40 Å². The van der Waals surface area contributed by atoms with Crippen LogP contribution in [0.25, 0.3) is 0 Å². The Balaban J connectivity index is 1.84. The van der Waals surface area contributed by atoms with Gasteiger partial charge in [-0.05, 0) is 12.1 Å². The Hall–Kier alpha value is -1.73. The lowest BCUT2D eigenvalue weighted by Crippen LogP contribution is -2.28. The molecule has 0 bridgehead atoms. The molecule has 1 aromatic carbocycles. The Morgan fingerprint density at radius 1 is 1.30 bits per heavy atom. The van der Waals surface area contributed by atoms with E-state index < -0.39 is 10.0 Å². The molecule has 0 unspecified atom stereocenters. The fraction of sp³-hybridized carbons (Fsp3) is 0.231. The summed E-state index contributed by atoms with van der Waals surface area (Å²) in [6.45, 7) is 0.677. The van der Waals surface area contributed by atoms with Gasteiger partial charge in [0.2, 0.25) is 0 Å². The van der Waals surface area contributed by atoms with Crippen molar-refractivity contribution in [3.63, 3.8) is 0 Å². The van der Waals surface area contributed by atoms with Crippen molar-refractivity contribution in [2.75, 3.05) is 13.6 Å². The predicted molar refractivity (Wildman–Crippen MR) is 78.6 cm³/mol. The molecule has 0 saturated heterocycles. The second-order valence-corrected chi connectivity index (χ2v) is 7.04. The Bertz CT molecular complexity index is 752. The van der Waals surface area contributed by atoms with Crippen LogP contribution in [0.1, 0.15) is 10.6 Å². The third kappa shape index (κ3) is 2.34. The highest BCUT2D eigenvalue weighted by Gasteiger charge is 2.30. The molecule has 2 heterocycles. The average Bonchev–Trinajstić information content (AvgIpc) is 3.03. The first-order chi connectivity index (χ1) is 9.58. The molecule has 1 aliphatic rings. The summed E-state index contributed by atoms with van der Waals surface area (Å²) in [5, 5.41) is 2.97. The van der Waals surface area contributed by atoms with Gasteiger partial charge in [0.1, 0.15) is 4.90 Å². The lowest BCUT2D eigenvalue weighted by Gasteiger charge is -2.18. The molecular weight excluding hydrogens is 294 g/mol. The maximum Gasteiger partial charge on any atom is 0.285 e. The molecule has 2 aromatic rings. The minimum absolute atomic E-state index is 0.288. The van der Waals surface area contributed by atoms with Crippen molar-refractivity contribution in [2.45, 2.75) is 11.3 Å². The van der Waals surface area contributed by atoms with Crippen LogP contribution >= 0.6 is 11.3 Å². The van der Waals surface area contributed by atoms with Crippen LogP contribution in [-0.4, -0.2) is 37.7 Å². The molecule has 0 fully saturated rings. The van der Waals surface area contributed by atoms with Crippen molar-refractivity contribution < 1.29 is 8.42 Å².